The molecular formula is C23H22ClN5O4. The van der Waals surface area contributed by atoms with Gasteiger partial charge in [-0.1, -0.05) is 23.7 Å². The van der Waals surface area contributed by atoms with E-state index >= 15 is 0 Å². The summed E-state index contributed by atoms with van der Waals surface area (Å²) in [5, 5.41) is 3.23. The predicted molar refractivity (Wildman–Crippen MR) is 124 cm³/mol. The number of carbonyl (C=O) groups is 1. The molecule has 2 heterocycles. The maximum absolute atomic E-state index is 12.8. The van der Waals surface area contributed by atoms with Crippen LogP contribution >= 0.6 is 11.6 Å². The van der Waals surface area contributed by atoms with E-state index in [1.54, 1.807) is 53.5 Å². The van der Waals surface area contributed by atoms with Crippen molar-refractivity contribution in [2.24, 2.45) is 0 Å². The molecule has 0 aliphatic heterocycles. The van der Waals surface area contributed by atoms with E-state index in [0.717, 1.165) is 0 Å². The van der Waals surface area contributed by atoms with E-state index in [-0.39, 0.29) is 29.9 Å². The van der Waals surface area contributed by atoms with E-state index in [9.17, 15) is 9.59 Å². The number of para-hydroxylation sites is 1. The van der Waals surface area contributed by atoms with Crippen molar-refractivity contribution in [2.75, 3.05) is 12.4 Å². The molecule has 33 heavy (non-hydrogen) atoms. The highest BCUT2D eigenvalue weighted by Gasteiger charge is 2.16. The van der Waals surface area contributed by atoms with Crippen LogP contribution in [0.25, 0.3) is 5.78 Å². The molecule has 0 atom stereocenters. The fraction of sp³-hybridized carbons (Fsp3) is 0.217. The Labute approximate surface area is 194 Å². The summed E-state index contributed by atoms with van der Waals surface area (Å²) in [5.41, 5.74) is 0.892. The van der Waals surface area contributed by atoms with E-state index < -0.39 is 0 Å². The molecule has 10 heteroatoms. The molecule has 2 aromatic heterocycles. The van der Waals surface area contributed by atoms with Gasteiger partial charge in [-0.15, -0.1) is 0 Å². The maximum Gasteiger partial charge on any atom is 0.274 e. The zero-order chi connectivity index (χ0) is 23.5. The maximum atomic E-state index is 12.8. The molecule has 0 unspecified atom stereocenters. The van der Waals surface area contributed by atoms with Gasteiger partial charge in [0.25, 0.3) is 17.2 Å². The van der Waals surface area contributed by atoms with Gasteiger partial charge in [-0.3, -0.25) is 14.3 Å². The van der Waals surface area contributed by atoms with Gasteiger partial charge in [0.05, 0.1) is 24.1 Å². The third-order valence-corrected chi connectivity index (χ3v) is 5.14. The Balaban J connectivity index is 1.57. The number of hydrogen-bond donors (Lipinski definition) is 1. The van der Waals surface area contributed by atoms with Crippen LogP contribution in [0.2, 0.25) is 5.02 Å². The number of carbonyl (C=O) groups excluding carboxylic acids is 1. The number of anilines is 1. The zero-order valence-corrected chi connectivity index (χ0v) is 19.0. The summed E-state index contributed by atoms with van der Waals surface area (Å²) in [5.74, 6) is 0.725. The summed E-state index contributed by atoms with van der Waals surface area (Å²) in [7, 11) is 1.50. The summed E-state index contributed by atoms with van der Waals surface area (Å²) >= 11 is 6.14. The topological polar surface area (TPSA) is 99.7 Å². The minimum absolute atomic E-state index is 0.000556. The average molecular weight is 468 g/mol. The number of halogens is 1. The van der Waals surface area contributed by atoms with Crippen molar-refractivity contribution in [1.29, 1.82) is 0 Å². The molecule has 0 aliphatic carbocycles. The number of aromatic nitrogens is 4. The summed E-state index contributed by atoms with van der Waals surface area (Å²) in [6, 6.07) is 13.2. The predicted octanol–water partition coefficient (Wildman–Crippen LogP) is 3.97. The summed E-state index contributed by atoms with van der Waals surface area (Å²) in [6.07, 6.45) is 1.57. The number of ether oxygens (including phenoxy) is 2. The fourth-order valence-corrected chi connectivity index (χ4v) is 3.48. The number of amides is 1. The van der Waals surface area contributed by atoms with Crippen LogP contribution in [-0.2, 0) is 6.61 Å². The molecule has 4 rings (SSSR count). The van der Waals surface area contributed by atoms with Crippen LogP contribution in [0.4, 0.5) is 5.69 Å². The van der Waals surface area contributed by atoms with E-state index in [0.29, 0.717) is 33.5 Å². The molecule has 0 radical (unpaired) electrons. The van der Waals surface area contributed by atoms with Crippen LogP contribution in [0, 0.1) is 0 Å². The molecule has 1 N–H and O–H groups in total. The van der Waals surface area contributed by atoms with Crippen molar-refractivity contribution >= 4 is 29.0 Å². The number of hydrogen-bond acceptors (Lipinski definition) is 6. The first kappa shape index (κ1) is 22.3. The molecular weight excluding hydrogens is 446 g/mol. The second-order valence-electron chi connectivity index (χ2n) is 7.50. The lowest BCUT2D eigenvalue weighted by molar-refractivity contribution is 0.102. The van der Waals surface area contributed by atoms with Gasteiger partial charge < -0.3 is 14.8 Å². The fourth-order valence-electron chi connectivity index (χ4n) is 3.31. The number of rotatable bonds is 7. The Morgan fingerprint density at radius 1 is 1.15 bits per heavy atom. The number of fused-ring (bicyclic) bond motifs is 1. The van der Waals surface area contributed by atoms with Gasteiger partial charge >= 0.3 is 0 Å². The third kappa shape index (κ3) is 4.68. The molecule has 9 nitrogen and oxygen atoms in total. The Morgan fingerprint density at radius 3 is 2.70 bits per heavy atom. The van der Waals surface area contributed by atoms with Crippen molar-refractivity contribution < 1.29 is 14.3 Å². The van der Waals surface area contributed by atoms with Crippen molar-refractivity contribution in [2.45, 2.75) is 26.5 Å². The van der Waals surface area contributed by atoms with Crippen LogP contribution in [0.15, 0.2) is 59.7 Å². The monoisotopic (exact) mass is 467 g/mol. The van der Waals surface area contributed by atoms with E-state index in [4.69, 9.17) is 21.1 Å². The number of benzene rings is 2. The molecule has 170 valence electrons. The van der Waals surface area contributed by atoms with Crippen molar-refractivity contribution in [3.63, 3.8) is 0 Å². The van der Waals surface area contributed by atoms with Crippen LogP contribution in [0.1, 0.15) is 35.9 Å². The van der Waals surface area contributed by atoms with Gasteiger partial charge in [-0.2, -0.15) is 9.50 Å². The average Bonchev–Trinajstić information content (AvgIpc) is 3.23. The van der Waals surface area contributed by atoms with Crippen LogP contribution in [0.5, 0.6) is 11.5 Å². The third-order valence-electron chi connectivity index (χ3n) is 4.90. The van der Waals surface area contributed by atoms with Gasteiger partial charge in [0.1, 0.15) is 24.4 Å². The number of nitrogens with zero attached hydrogens (tertiary/aromatic N) is 4. The van der Waals surface area contributed by atoms with Gasteiger partial charge in [-0.05, 0) is 44.2 Å². The summed E-state index contributed by atoms with van der Waals surface area (Å²) in [6.45, 7) is 3.90. The van der Waals surface area contributed by atoms with Gasteiger partial charge in [0.2, 0.25) is 0 Å². The molecule has 4 aromatic rings. The van der Waals surface area contributed by atoms with Crippen LogP contribution < -0.4 is 20.3 Å². The minimum atomic E-state index is -0.378. The van der Waals surface area contributed by atoms with Gasteiger partial charge in [0, 0.05) is 17.1 Å². The number of methoxy groups -OCH3 is 1. The Bertz CT molecular complexity index is 1380. The molecule has 0 aliphatic rings. The normalized spacial score (nSPS) is 11.1. The van der Waals surface area contributed by atoms with E-state index in [1.165, 1.54) is 17.7 Å². The zero-order valence-electron chi connectivity index (χ0n) is 18.3. The number of nitrogens with one attached hydrogen (secondary N) is 1. The smallest absolute Gasteiger partial charge is 0.274 e. The largest absolute Gasteiger partial charge is 0.496 e. The lowest BCUT2D eigenvalue weighted by atomic mass is 10.2. The first-order valence-electron chi connectivity index (χ1n) is 10.2. The summed E-state index contributed by atoms with van der Waals surface area (Å²) in [4.78, 5) is 34.0. The van der Waals surface area contributed by atoms with Crippen LogP contribution in [-0.4, -0.2) is 32.2 Å². The first-order valence-corrected chi connectivity index (χ1v) is 10.6. The van der Waals surface area contributed by atoms with Gasteiger partial charge in [0.15, 0.2) is 0 Å². The van der Waals surface area contributed by atoms with E-state index in [1.807, 2.05) is 13.8 Å². The Kier molecular flexibility index (Phi) is 6.32. The van der Waals surface area contributed by atoms with Crippen LogP contribution in [0.3, 0.4) is 0 Å². The lowest BCUT2D eigenvalue weighted by Crippen LogP contribution is -2.23. The quantitative estimate of drug-likeness (QED) is 0.441. The Morgan fingerprint density at radius 2 is 1.94 bits per heavy atom. The van der Waals surface area contributed by atoms with Crippen molar-refractivity contribution in [3.8, 4) is 11.5 Å². The molecule has 0 saturated heterocycles. The van der Waals surface area contributed by atoms with E-state index in [2.05, 4.69) is 15.3 Å². The molecule has 0 fully saturated rings. The summed E-state index contributed by atoms with van der Waals surface area (Å²) < 4.78 is 14.3. The molecule has 0 spiro atoms. The molecule has 1 amide bonds. The molecule has 2 aromatic carbocycles. The highest BCUT2D eigenvalue weighted by Crippen LogP contribution is 2.30. The van der Waals surface area contributed by atoms with Gasteiger partial charge in [-0.25, -0.2) is 4.98 Å². The second-order valence-corrected chi connectivity index (χ2v) is 7.94. The first-order chi connectivity index (χ1) is 15.9. The molecule has 0 saturated carbocycles. The second kappa shape index (κ2) is 9.33. The minimum Gasteiger partial charge on any atom is -0.496 e. The SMILES string of the molecule is COc1ccccc1C(=O)Nc1cc(Cl)ccc1OCc1cc(=O)n2c(ncn2C(C)C)n1. The van der Waals surface area contributed by atoms with Crippen molar-refractivity contribution in [3.05, 3.63) is 81.5 Å². The molecule has 0 bridgehead atoms. The standard InChI is InChI=1S/C23H22ClN5O4/c1-14(2)28-13-25-23-26-16(11-21(30)29(23)28)12-33-20-9-8-15(24)10-18(20)27-22(31)17-6-4-5-7-19(17)32-3/h4-11,13-14H,12H2,1-3H3,(H,27,31). The lowest BCUT2D eigenvalue weighted by Gasteiger charge is -2.14. The Hall–Kier alpha value is -3.85. The van der Waals surface area contributed by atoms with Crippen molar-refractivity contribution in [1.82, 2.24) is 19.2 Å². The highest BCUT2D eigenvalue weighted by molar-refractivity contribution is 6.31. The highest BCUT2D eigenvalue weighted by atomic mass is 35.5.